The SMILES string of the molecule is CN(C)CCN(c1ccc(N=C(c2ccc3nccn3c2)C2C(=O)Nc3cc(Cl)ccc32)cc1)S(C)(=O)=O. The summed E-state index contributed by atoms with van der Waals surface area (Å²) in [6, 6.07) is 16.1. The number of sulfonamides is 1. The third-order valence-corrected chi connectivity index (χ3v) is 7.77. The molecule has 1 unspecified atom stereocenters. The number of benzene rings is 2. The third kappa shape index (κ3) is 5.28. The fourth-order valence-electron chi connectivity index (χ4n) is 4.48. The van der Waals surface area contributed by atoms with E-state index in [9.17, 15) is 13.2 Å². The van der Waals surface area contributed by atoms with Crippen molar-refractivity contribution in [2.45, 2.75) is 5.92 Å². The number of nitrogens with one attached hydrogen (secondary N) is 1. The lowest BCUT2D eigenvalue weighted by atomic mass is 9.91. The predicted molar refractivity (Wildman–Crippen MR) is 151 cm³/mol. The van der Waals surface area contributed by atoms with E-state index in [4.69, 9.17) is 16.6 Å². The number of pyridine rings is 1. The molecule has 196 valence electrons. The predicted octanol–water partition coefficient (Wildman–Crippen LogP) is 4.17. The van der Waals surface area contributed by atoms with E-state index in [0.717, 1.165) is 16.8 Å². The number of carbonyl (C=O) groups is 1. The number of carbonyl (C=O) groups excluding carboxylic acids is 1. The van der Waals surface area contributed by atoms with Crippen molar-refractivity contribution in [3.63, 3.8) is 0 Å². The van der Waals surface area contributed by atoms with Crippen molar-refractivity contribution in [2.75, 3.05) is 43.1 Å². The summed E-state index contributed by atoms with van der Waals surface area (Å²) in [4.78, 5) is 24.4. The van der Waals surface area contributed by atoms with E-state index in [-0.39, 0.29) is 5.91 Å². The minimum atomic E-state index is -3.47. The summed E-state index contributed by atoms with van der Waals surface area (Å²) in [7, 11) is 0.323. The zero-order chi connectivity index (χ0) is 27.0. The van der Waals surface area contributed by atoms with E-state index >= 15 is 0 Å². The number of likely N-dealkylation sites (N-methyl/N-ethyl adjacent to an activating group) is 1. The topological polar surface area (TPSA) is 99.4 Å². The first-order valence-corrected chi connectivity index (χ1v) is 14.2. The van der Waals surface area contributed by atoms with Crippen LogP contribution in [0.4, 0.5) is 17.1 Å². The van der Waals surface area contributed by atoms with Gasteiger partial charge in [-0.3, -0.25) is 14.1 Å². The second kappa shape index (κ2) is 10.2. The fraction of sp³-hybridized carbons (Fsp3) is 0.222. The van der Waals surface area contributed by atoms with Crippen LogP contribution in [0.3, 0.4) is 0 Å². The Bertz CT molecular complexity index is 1650. The summed E-state index contributed by atoms with van der Waals surface area (Å²) in [5.41, 5.74) is 4.67. The van der Waals surface area contributed by atoms with E-state index in [1.165, 1.54) is 10.6 Å². The Hall–Kier alpha value is -3.73. The molecule has 5 rings (SSSR count). The largest absolute Gasteiger partial charge is 0.325 e. The lowest BCUT2D eigenvalue weighted by Crippen LogP contribution is -2.35. The van der Waals surface area contributed by atoms with Gasteiger partial charge in [0.1, 0.15) is 11.6 Å². The minimum absolute atomic E-state index is 0.199. The van der Waals surface area contributed by atoms with E-state index in [2.05, 4.69) is 10.3 Å². The number of amides is 1. The van der Waals surface area contributed by atoms with Gasteiger partial charge in [-0.15, -0.1) is 0 Å². The number of fused-ring (bicyclic) bond motifs is 2. The number of anilines is 2. The van der Waals surface area contributed by atoms with Crippen LogP contribution < -0.4 is 9.62 Å². The average molecular weight is 551 g/mol. The average Bonchev–Trinajstić information content (AvgIpc) is 3.45. The van der Waals surface area contributed by atoms with Crippen molar-refractivity contribution in [3.05, 3.63) is 89.3 Å². The molecule has 1 amide bonds. The van der Waals surface area contributed by atoms with Gasteiger partial charge in [-0.2, -0.15) is 0 Å². The Labute approximate surface area is 226 Å². The molecular weight excluding hydrogens is 524 g/mol. The molecule has 38 heavy (non-hydrogen) atoms. The van der Waals surface area contributed by atoms with Gasteiger partial charge in [0.25, 0.3) is 0 Å². The van der Waals surface area contributed by atoms with Crippen LogP contribution in [0.1, 0.15) is 17.0 Å². The maximum atomic E-state index is 13.2. The van der Waals surface area contributed by atoms with E-state index < -0.39 is 15.9 Å². The summed E-state index contributed by atoms with van der Waals surface area (Å²) in [5.74, 6) is -0.856. The van der Waals surface area contributed by atoms with Gasteiger partial charge in [-0.25, -0.2) is 13.4 Å². The molecule has 2 aromatic carbocycles. The number of hydrogen-bond donors (Lipinski definition) is 1. The standard InChI is InChI=1S/C27H27ClN6O3S/c1-32(2)14-15-34(38(3,36)37)21-8-6-20(7-9-21)30-26(18-4-11-24-29-12-13-33(24)17-18)25-22-10-5-19(28)16-23(22)31-27(25)35/h4-13,16-17,25H,14-15H2,1-3H3,(H,31,35). The number of aliphatic imine (C=N–C) groups is 1. The van der Waals surface area contributed by atoms with Crippen molar-refractivity contribution < 1.29 is 13.2 Å². The lowest BCUT2D eigenvalue weighted by Gasteiger charge is -2.24. The molecule has 0 bridgehead atoms. The molecule has 0 saturated heterocycles. The number of aromatic nitrogens is 2. The highest BCUT2D eigenvalue weighted by Crippen LogP contribution is 2.38. The zero-order valence-electron chi connectivity index (χ0n) is 21.2. The summed E-state index contributed by atoms with van der Waals surface area (Å²) in [6.45, 7) is 0.903. The molecule has 1 atom stereocenters. The molecule has 1 aliphatic rings. The van der Waals surface area contributed by atoms with E-state index in [0.29, 0.717) is 40.9 Å². The Kier molecular flexibility index (Phi) is 6.95. The Morgan fingerprint density at radius 3 is 2.58 bits per heavy atom. The number of halogens is 1. The number of hydrogen-bond acceptors (Lipinski definition) is 6. The van der Waals surface area contributed by atoms with E-state index in [1.807, 2.05) is 54.0 Å². The Morgan fingerprint density at radius 1 is 1.11 bits per heavy atom. The number of rotatable bonds is 8. The molecule has 4 aromatic rings. The molecule has 0 aliphatic carbocycles. The second-order valence-electron chi connectivity index (χ2n) is 9.42. The zero-order valence-corrected chi connectivity index (χ0v) is 22.7. The quantitative estimate of drug-likeness (QED) is 0.332. The molecule has 0 saturated carbocycles. The first-order valence-electron chi connectivity index (χ1n) is 11.9. The molecule has 0 spiro atoms. The molecular formula is C27H27ClN6O3S. The van der Waals surface area contributed by atoms with Crippen molar-refractivity contribution in [2.24, 2.45) is 4.99 Å². The molecule has 11 heteroatoms. The Balaban J connectivity index is 1.58. The molecule has 0 radical (unpaired) electrons. The third-order valence-electron chi connectivity index (χ3n) is 6.34. The van der Waals surface area contributed by atoms with Crippen LogP contribution in [-0.4, -0.2) is 67.8 Å². The smallest absolute Gasteiger partial charge is 0.238 e. The van der Waals surface area contributed by atoms with E-state index in [1.54, 1.807) is 42.6 Å². The molecule has 0 fully saturated rings. The minimum Gasteiger partial charge on any atom is -0.325 e. The summed E-state index contributed by atoms with van der Waals surface area (Å²) >= 11 is 6.17. The van der Waals surface area contributed by atoms with Gasteiger partial charge in [-0.1, -0.05) is 17.7 Å². The first-order chi connectivity index (χ1) is 18.1. The van der Waals surface area contributed by atoms with Crippen LogP contribution >= 0.6 is 11.6 Å². The number of imidazole rings is 1. The molecule has 3 heterocycles. The van der Waals surface area contributed by atoms with Crippen LogP contribution in [0.5, 0.6) is 0 Å². The van der Waals surface area contributed by atoms with Crippen molar-refractivity contribution in [3.8, 4) is 0 Å². The molecule has 1 aliphatic heterocycles. The van der Waals surface area contributed by atoms with Gasteiger partial charge in [0.05, 0.1) is 23.3 Å². The maximum absolute atomic E-state index is 13.2. The van der Waals surface area contributed by atoms with Crippen LogP contribution in [0, 0.1) is 0 Å². The van der Waals surface area contributed by atoms with Gasteiger partial charge in [0, 0.05) is 48.0 Å². The van der Waals surface area contributed by atoms with Crippen molar-refractivity contribution in [1.82, 2.24) is 14.3 Å². The highest BCUT2D eigenvalue weighted by atomic mass is 35.5. The van der Waals surface area contributed by atoms with Gasteiger partial charge in [0.15, 0.2) is 0 Å². The molecule has 9 nitrogen and oxygen atoms in total. The van der Waals surface area contributed by atoms with Crippen LogP contribution in [0.25, 0.3) is 5.65 Å². The van der Waals surface area contributed by atoms with Crippen LogP contribution in [-0.2, 0) is 14.8 Å². The van der Waals surface area contributed by atoms with Crippen molar-refractivity contribution >= 4 is 56.0 Å². The van der Waals surface area contributed by atoms with Crippen LogP contribution in [0.2, 0.25) is 5.02 Å². The monoisotopic (exact) mass is 550 g/mol. The number of nitrogens with zero attached hydrogens (tertiary/aromatic N) is 5. The fourth-order valence-corrected chi connectivity index (χ4v) is 5.57. The maximum Gasteiger partial charge on any atom is 0.238 e. The summed E-state index contributed by atoms with van der Waals surface area (Å²) < 4.78 is 28.1. The molecule has 2 aromatic heterocycles. The van der Waals surface area contributed by atoms with Crippen LogP contribution in [0.15, 0.2) is 78.2 Å². The van der Waals surface area contributed by atoms with Crippen molar-refractivity contribution in [1.29, 1.82) is 0 Å². The molecule has 1 N–H and O–H groups in total. The summed E-state index contributed by atoms with van der Waals surface area (Å²) in [5, 5.41) is 3.45. The first kappa shape index (κ1) is 25.9. The summed E-state index contributed by atoms with van der Waals surface area (Å²) in [6.07, 6.45) is 6.63. The van der Waals surface area contributed by atoms with Gasteiger partial charge in [-0.05, 0) is 68.2 Å². The second-order valence-corrected chi connectivity index (χ2v) is 11.8. The highest BCUT2D eigenvalue weighted by molar-refractivity contribution is 7.92. The Morgan fingerprint density at radius 2 is 1.87 bits per heavy atom. The normalized spacial score (nSPS) is 15.7. The van der Waals surface area contributed by atoms with Gasteiger partial charge in [0.2, 0.25) is 15.9 Å². The lowest BCUT2D eigenvalue weighted by molar-refractivity contribution is -0.115. The van der Waals surface area contributed by atoms with Gasteiger partial charge >= 0.3 is 0 Å². The highest BCUT2D eigenvalue weighted by Gasteiger charge is 2.35. The van der Waals surface area contributed by atoms with Gasteiger partial charge < -0.3 is 14.6 Å².